The molecule has 1 atom stereocenters. The second kappa shape index (κ2) is 8.14. The summed E-state index contributed by atoms with van der Waals surface area (Å²) in [4.78, 5) is 17.2. The van der Waals surface area contributed by atoms with E-state index in [4.69, 9.17) is 4.74 Å². The Hall–Kier alpha value is -2.99. The van der Waals surface area contributed by atoms with E-state index in [1.165, 1.54) is 0 Å². The van der Waals surface area contributed by atoms with Crippen molar-refractivity contribution >= 4 is 5.91 Å². The molecule has 140 valence electrons. The van der Waals surface area contributed by atoms with Crippen molar-refractivity contribution in [1.82, 2.24) is 20.1 Å². The first kappa shape index (κ1) is 18.8. The minimum Gasteiger partial charge on any atom is -0.382 e. The van der Waals surface area contributed by atoms with Crippen LogP contribution in [0.3, 0.4) is 0 Å². The SMILES string of the molecule is COCC(NC(=O)c1cc(-c2cn(C)nc2C)c(C)cn1)c1ccccc1. The monoisotopic (exact) mass is 364 g/mol. The molecule has 0 fully saturated rings. The van der Waals surface area contributed by atoms with Crippen LogP contribution in [-0.2, 0) is 11.8 Å². The maximum atomic E-state index is 12.8. The predicted octanol–water partition coefficient (Wildman–Crippen LogP) is 3.22. The lowest BCUT2D eigenvalue weighted by atomic mass is 10.0. The van der Waals surface area contributed by atoms with Crippen molar-refractivity contribution in [2.45, 2.75) is 19.9 Å². The van der Waals surface area contributed by atoms with E-state index in [0.29, 0.717) is 12.3 Å². The van der Waals surface area contributed by atoms with Gasteiger partial charge in [-0.05, 0) is 36.6 Å². The van der Waals surface area contributed by atoms with Gasteiger partial charge in [-0.25, -0.2) is 0 Å². The Morgan fingerprint density at radius 2 is 1.96 bits per heavy atom. The van der Waals surface area contributed by atoms with Crippen molar-refractivity contribution in [2.75, 3.05) is 13.7 Å². The molecule has 0 bridgehead atoms. The molecule has 6 nitrogen and oxygen atoms in total. The van der Waals surface area contributed by atoms with Crippen LogP contribution in [0.15, 0.2) is 48.8 Å². The number of hydrogen-bond acceptors (Lipinski definition) is 4. The highest BCUT2D eigenvalue weighted by Crippen LogP contribution is 2.26. The molecule has 1 amide bonds. The Morgan fingerprint density at radius 3 is 2.59 bits per heavy atom. The number of amides is 1. The summed E-state index contributed by atoms with van der Waals surface area (Å²) in [6.07, 6.45) is 3.68. The molecule has 6 heteroatoms. The molecule has 0 saturated heterocycles. The van der Waals surface area contributed by atoms with E-state index < -0.39 is 0 Å². The van der Waals surface area contributed by atoms with Crippen molar-refractivity contribution in [2.24, 2.45) is 7.05 Å². The smallest absolute Gasteiger partial charge is 0.270 e. The van der Waals surface area contributed by atoms with Gasteiger partial charge in [0.15, 0.2) is 0 Å². The maximum absolute atomic E-state index is 12.8. The standard InChI is InChI=1S/C21H24N4O2/c1-14-11-22-19(10-17(14)18-12-25(3)24-15(18)2)21(26)23-20(13-27-4)16-8-6-5-7-9-16/h5-12,20H,13H2,1-4H3,(H,23,26). The van der Waals surface area contributed by atoms with Crippen molar-refractivity contribution < 1.29 is 9.53 Å². The first-order valence-electron chi connectivity index (χ1n) is 8.81. The molecule has 0 aliphatic rings. The lowest BCUT2D eigenvalue weighted by Gasteiger charge is -2.18. The van der Waals surface area contributed by atoms with Gasteiger partial charge in [0, 0.05) is 32.1 Å². The number of benzene rings is 1. The molecule has 1 unspecified atom stereocenters. The Balaban J connectivity index is 1.88. The summed E-state index contributed by atoms with van der Waals surface area (Å²) in [5.41, 5.74) is 5.24. The summed E-state index contributed by atoms with van der Waals surface area (Å²) in [5.74, 6) is -0.233. The van der Waals surface area contributed by atoms with Gasteiger partial charge in [0.1, 0.15) is 5.69 Å². The predicted molar refractivity (Wildman–Crippen MR) is 104 cm³/mol. The number of carbonyl (C=O) groups excluding carboxylic acids is 1. The molecular formula is C21H24N4O2. The number of rotatable bonds is 6. The first-order chi connectivity index (χ1) is 13.0. The van der Waals surface area contributed by atoms with E-state index in [9.17, 15) is 4.79 Å². The second-order valence-corrected chi connectivity index (χ2v) is 6.58. The number of aromatic nitrogens is 3. The molecule has 0 radical (unpaired) electrons. The lowest BCUT2D eigenvalue weighted by molar-refractivity contribution is 0.0891. The number of hydrogen-bond donors (Lipinski definition) is 1. The van der Waals surface area contributed by atoms with Gasteiger partial charge in [-0.2, -0.15) is 5.10 Å². The molecule has 2 aromatic heterocycles. The van der Waals surface area contributed by atoms with E-state index in [2.05, 4.69) is 15.4 Å². The summed E-state index contributed by atoms with van der Waals surface area (Å²) >= 11 is 0. The number of methoxy groups -OCH3 is 1. The number of ether oxygens (including phenoxy) is 1. The van der Waals surface area contributed by atoms with Gasteiger partial charge in [-0.15, -0.1) is 0 Å². The van der Waals surface area contributed by atoms with Gasteiger partial charge in [0.05, 0.1) is 18.3 Å². The summed E-state index contributed by atoms with van der Waals surface area (Å²) < 4.78 is 7.05. The summed E-state index contributed by atoms with van der Waals surface area (Å²) in [6.45, 7) is 4.32. The van der Waals surface area contributed by atoms with Gasteiger partial charge in [-0.1, -0.05) is 30.3 Å². The molecule has 3 rings (SSSR count). The molecule has 0 aliphatic heterocycles. The van der Waals surface area contributed by atoms with Crippen molar-refractivity contribution in [3.63, 3.8) is 0 Å². The molecule has 0 aliphatic carbocycles. The molecule has 1 aromatic carbocycles. The number of carbonyl (C=O) groups is 1. The van der Waals surface area contributed by atoms with Crippen LogP contribution in [-0.4, -0.2) is 34.4 Å². The zero-order chi connectivity index (χ0) is 19.4. The summed E-state index contributed by atoms with van der Waals surface area (Å²) in [6, 6.07) is 11.3. The topological polar surface area (TPSA) is 69.0 Å². The number of pyridine rings is 1. The minimum absolute atomic E-state index is 0.233. The Morgan fingerprint density at radius 1 is 1.22 bits per heavy atom. The van der Waals surface area contributed by atoms with Gasteiger partial charge in [0.2, 0.25) is 0 Å². The largest absolute Gasteiger partial charge is 0.382 e. The normalized spacial score (nSPS) is 12.0. The average molecular weight is 364 g/mol. The zero-order valence-corrected chi connectivity index (χ0v) is 16.1. The molecule has 2 heterocycles. The molecular weight excluding hydrogens is 340 g/mol. The van der Waals surface area contributed by atoms with E-state index in [1.54, 1.807) is 18.0 Å². The second-order valence-electron chi connectivity index (χ2n) is 6.58. The average Bonchev–Trinajstić information content (AvgIpc) is 3.00. The van der Waals surface area contributed by atoms with Crippen LogP contribution in [0.4, 0.5) is 0 Å². The number of aryl methyl sites for hydroxylation is 3. The van der Waals surface area contributed by atoms with E-state index in [1.807, 2.05) is 63.5 Å². The number of nitrogens with zero attached hydrogens (tertiary/aromatic N) is 3. The van der Waals surface area contributed by atoms with E-state index in [0.717, 1.165) is 27.9 Å². The van der Waals surface area contributed by atoms with Crippen molar-refractivity contribution in [3.8, 4) is 11.1 Å². The Bertz CT molecular complexity index is 935. The number of nitrogens with one attached hydrogen (secondary N) is 1. The lowest BCUT2D eigenvalue weighted by Crippen LogP contribution is -2.32. The highest BCUT2D eigenvalue weighted by Gasteiger charge is 2.18. The van der Waals surface area contributed by atoms with Gasteiger partial charge < -0.3 is 10.1 Å². The van der Waals surface area contributed by atoms with Crippen LogP contribution in [0.1, 0.15) is 33.4 Å². The molecule has 0 saturated carbocycles. The highest BCUT2D eigenvalue weighted by atomic mass is 16.5. The third-order valence-electron chi connectivity index (χ3n) is 4.48. The Labute approximate surface area is 159 Å². The van der Waals surface area contributed by atoms with Crippen LogP contribution in [0.5, 0.6) is 0 Å². The van der Waals surface area contributed by atoms with Crippen molar-refractivity contribution in [1.29, 1.82) is 0 Å². The molecule has 0 spiro atoms. The fourth-order valence-corrected chi connectivity index (χ4v) is 3.11. The molecule has 27 heavy (non-hydrogen) atoms. The summed E-state index contributed by atoms with van der Waals surface area (Å²) in [7, 11) is 3.51. The first-order valence-corrected chi connectivity index (χ1v) is 8.81. The van der Waals surface area contributed by atoms with E-state index >= 15 is 0 Å². The highest BCUT2D eigenvalue weighted by molar-refractivity contribution is 5.94. The zero-order valence-electron chi connectivity index (χ0n) is 16.1. The van der Waals surface area contributed by atoms with Crippen LogP contribution >= 0.6 is 0 Å². The maximum Gasteiger partial charge on any atom is 0.270 e. The van der Waals surface area contributed by atoms with Crippen LogP contribution in [0.25, 0.3) is 11.1 Å². The summed E-state index contributed by atoms with van der Waals surface area (Å²) in [5, 5.41) is 7.42. The Kier molecular flexibility index (Phi) is 5.66. The van der Waals surface area contributed by atoms with Crippen LogP contribution in [0.2, 0.25) is 0 Å². The fraction of sp³-hybridized carbons (Fsp3) is 0.286. The third kappa shape index (κ3) is 4.23. The van der Waals surface area contributed by atoms with Gasteiger partial charge >= 0.3 is 0 Å². The van der Waals surface area contributed by atoms with Gasteiger partial charge in [0.25, 0.3) is 5.91 Å². The van der Waals surface area contributed by atoms with Crippen LogP contribution in [0, 0.1) is 13.8 Å². The molecule has 3 aromatic rings. The van der Waals surface area contributed by atoms with Gasteiger partial charge in [-0.3, -0.25) is 14.5 Å². The molecule has 1 N–H and O–H groups in total. The third-order valence-corrected chi connectivity index (χ3v) is 4.48. The van der Waals surface area contributed by atoms with E-state index in [-0.39, 0.29) is 11.9 Å². The fourth-order valence-electron chi connectivity index (χ4n) is 3.11. The quantitative estimate of drug-likeness (QED) is 0.729. The van der Waals surface area contributed by atoms with Crippen molar-refractivity contribution in [3.05, 3.63) is 71.3 Å². The van der Waals surface area contributed by atoms with Crippen LogP contribution < -0.4 is 5.32 Å². The minimum atomic E-state index is -0.240.